The summed E-state index contributed by atoms with van der Waals surface area (Å²) in [4.78, 5) is 0. The lowest BCUT2D eigenvalue weighted by Crippen LogP contribution is -2.49. The maximum atomic E-state index is 4.05. The molecular weight excluding hydrogens is 218 g/mol. The molecule has 4 atom stereocenters. The minimum absolute atomic E-state index is 0.546. The highest BCUT2D eigenvalue weighted by Crippen LogP contribution is 2.65. The summed E-state index contributed by atoms with van der Waals surface area (Å²) in [5.74, 6) is 1.92. The van der Waals surface area contributed by atoms with Crippen LogP contribution in [0.2, 0.25) is 0 Å². The standard InChI is InChI=1S/C17H31N/c1-12(13-7-5-6-8-13)18-15-11-14-9-10-17(15,4)16(14,2)3/h12-15,18H,5-11H2,1-4H3/t12-,14?,15?,17?/m1/s1. The molecule has 3 aliphatic rings. The molecule has 0 amide bonds. The summed E-state index contributed by atoms with van der Waals surface area (Å²) < 4.78 is 0. The zero-order valence-electron chi connectivity index (χ0n) is 12.8. The van der Waals surface area contributed by atoms with Gasteiger partial charge in [-0.25, -0.2) is 0 Å². The second-order valence-electron chi connectivity index (χ2n) is 8.16. The molecule has 3 rings (SSSR count). The van der Waals surface area contributed by atoms with E-state index in [1.54, 1.807) is 0 Å². The molecule has 104 valence electrons. The van der Waals surface area contributed by atoms with Crippen molar-refractivity contribution in [3.63, 3.8) is 0 Å². The van der Waals surface area contributed by atoms with Crippen molar-refractivity contribution in [3.05, 3.63) is 0 Å². The van der Waals surface area contributed by atoms with Gasteiger partial charge in [-0.05, 0) is 61.7 Å². The first kappa shape index (κ1) is 13.0. The van der Waals surface area contributed by atoms with E-state index in [1.807, 2.05) is 0 Å². The van der Waals surface area contributed by atoms with Crippen molar-refractivity contribution >= 4 is 0 Å². The van der Waals surface area contributed by atoms with Crippen molar-refractivity contribution in [2.75, 3.05) is 0 Å². The molecule has 0 saturated heterocycles. The summed E-state index contributed by atoms with van der Waals surface area (Å²) in [6.45, 7) is 10.0. The first-order valence-corrected chi connectivity index (χ1v) is 8.21. The molecule has 0 aromatic rings. The molecule has 0 aromatic heterocycles. The average molecular weight is 249 g/mol. The second kappa shape index (κ2) is 4.23. The van der Waals surface area contributed by atoms with Crippen LogP contribution in [-0.2, 0) is 0 Å². The van der Waals surface area contributed by atoms with Gasteiger partial charge in [0.05, 0.1) is 0 Å². The lowest BCUT2D eigenvalue weighted by atomic mass is 9.69. The van der Waals surface area contributed by atoms with E-state index in [9.17, 15) is 0 Å². The van der Waals surface area contributed by atoms with Crippen LogP contribution in [0, 0.1) is 22.7 Å². The predicted octanol–water partition coefficient (Wildman–Crippen LogP) is 4.37. The Hall–Kier alpha value is -0.0400. The average Bonchev–Trinajstić information content (AvgIpc) is 2.95. The predicted molar refractivity (Wildman–Crippen MR) is 77.6 cm³/mol. The number of nitrogens with one attached hydrogen (secondary N) is 1. The van der Waals surface area contributed by atoms with Crippen molar-refractivity contribution < 1.29 is 0 Å². The maximum Gasteiger partial charge on any atom is 0.0131 e. The monoisotopic (exact) mass is 249 g/mol. The number of hydrogen-bond donors (Lipinski definition) is 1. The van der Waals surface area contributed by atoms with Crippen molar-refractivity contribution in [2.45, 2.75) is 84.7 Å². The highest BCUT2D eigenvalue weighted by Gasteiger charge is 2.61. The van der Waals surface area contributed by atoms with E-state index in [2.05, 4.69) is 33.0 Å². The summed E-state index contributed by atoms with van der Waals surface area (Å²) >= 11 is 0. The van der Waals surface area contributed by atoms with E-state index >= 15 is 0 Å². The van der Waals surface area contributed by atoms with Crippen LogP contribution in [0.3, 0.4) is 0 Å². The van der Waals surface area contributed by atoms with E-state index in [4.69, 9.17) is 0 Å². The lowest BCUT2D eigenvalue weighted by molar-refractivity contribution is 0.111. The van der Waals surface area contributed by atoms with Crippen molar-refractivity contribution in [2.24, 2.45) is 22.7 Å². The first-order valence-electron chi connectivity index (χ1n) is 8.21. The van der Waals surface area contributed by atoms with E-state index < -0.39 is 0 Å². The van der Waals surface area contributed by atoms with E-state index in [1.165, 1.54) is 44.9 Å². The van der Waals surface area contributed by atoms with Crippen molar-refractivity contribution in [1.29, 1.82) is 0 Å². The largest absolute Gasteiger partial charge is 0.311 e. The van der Waals surface area contributed by atoms with Crippen molar-refractivity contribution in [1.82, 2.24) is 5.32 Å². The molecular formula is C17H31N. The van der Waals surface area contributed by atoms with Gasteiger partial charge in [0.25, 0.3) is 0 Å². The molecule has 3 unspecified atom stereocenters. The van der Waals surface area contributed by atoms with Crippen LogP contribution >= 0.6 is 0 Å². The molecule has 3 aliphatic carbocycles. The van der Waals surface area contributed by atoms with Crippen LogP contribution in [0.1, 0.15) is 72.6 Å². The van der Waals surface area contributed by atoms with Gasteiger partial charge >= 0.3 is 0 Å². The van der Waals surface area contributed by atoms with Gasteiger partial charge in [0.2, 0.25) is 0 Å². The molecule has 1 heteroatoms. The van der Waals surface area contributed by atoms with Gasteiger partial charge in [-0.2, -0.15) is 0 Å². The SMILES string of the molecule is C[C@@H](NC1CC2CCC1(C)C2(C)C)C1CCCC1. The third kappa shape index (κ3) is 1.69. The Labute approximate surface area is 113 Å². The smallest absolute Gasteiger partial charge is 0.0131 e. The van der Waals surface area contributed by atoms with Gasteiger partial charge < -0.3 is 5.32 Å². The van der Waals surface area contributed by atoms with E-state index in [-0.39, 0.29) is 0 Å². The summed E-state index contributed by atoms with van der Waals surface area (Å²) in [5.41, 5.74) is 1.10. The molecule has 1 N–H and O–H groups in total. The van der Waals surface area contributed by atoms with Crippen LogP contribution in [0.25, 0.3) is 0 Å². The summed E-state index contributed by atoms with van der Waals surface area (Å²) in [5, 5.41) is 4.05. The third-order valence-corrected chi connectivity index (χ3v) is 7.37. The highest BCUT2D eigenvalue weighted by molar-refractivity contribution is 5.13. The Morgan fingerprint density at radius 1 is 1.06 bits per heavy atom. The van der Waals surface area contributed by atoms with Crippen LogP contribution in [0.4, 0.5) is 0 Å². The first-order chi connectivity index (χ1) is 8.45. The van der Waals surface area contributed by atoms with Crippen LogP contribution in [0.5, 0.6) is 0 Å². The Kier molecular flexibility index (Phi) is 3.05. The normalized spacial score (nSPS) is 44.7. The zero-order valence-corrected chi connectivity index (χ0v) is 12.8. The van der Waals surface area contributed by atoms with Crippen LogP contribution in [-0.4, -0.2) is 12.1 Å². The van der Waals surface area contributed by atoms with Crippen LogP contribution in [0.15, 0.2) is 0 Å². The fraction of sp³-hybridized carbons (Fsp3) is 1.00. The third-order valence-electron chi connectivity index (χ3n) is 7.37. The lowest BCUT2D eigenvalue weighted by Gasteiger charge is -2.41. The second-order valence-corrected chi connectivity index (χ2v) is 8.16. The van der Waals surface area contributed by atoms with Gasteiger partial charge in [-0.15, -0.1) is 0 Å². The van der Waals surface area contributed by atoms with Crippen LogP contribution < -0.4 is 5.32 Å². The highest BCUT2D eigenvalue weighted by atomic mass is 15.0. The van der Waals surface area contributed by atoms with E-state index in [0.29, 0.717) is 10.8 Å². The molecule has 3 saturated carbocycles. The topological polar surface area (TPSA) is 12.0 Å². The quantitative estimate of drug-likeness (QED) is 0.783. The molecule has 3 fully saturated rings. The van der Waals surface area contributed by atoms with E-state index in [0.717, 1.165) is 23.9 Å². The molecule has 0 radical (unpaired) electrons. The molecule has 0 aromatic carbocycles. The van der Waals surface area contributed by atoms with Gasteiger partial charge in [0.1, 0.15) is 0 Å². The molecule has 2 bridgehead atoms. The fourth-order valence-corrected chi connectivity index (χ4v) is 5.37. The fourth-order valence-electron chi connectivity index (χ4n) is 5.37. The van der Waals surface area contributed by atoms with Gasteiger partial charge in [-0.3, -0.25) is 0 Å². The number of hydrogen-bond acceptors (Lipinski definition) is 1. The number of rotatable bonds is 3. The molecule has 0 spiro atoms. The Balaban J connectivity index is 1.68. The maximum absolute atomic E-state index is 4.05. The van der Waals surface area contributed by atoms with Gasteiger partial charge in [-0.1, -0.05) is 33.6 Å². The molecule has 18 heavy (non-hydrogen) atoms. The molecule has 0 heterocycles. The molecule has 1 nitrogen and oxygen atoms in total. The molecule has 0 aliphatic heterocycles. The van der Waals surface area contributed by atoms with Crippen molar-refractivity contribution in [3.8, 4) is 0 Å². The van der Waals surface area contributed by atoms with Gasteiger partial charge in [0, 0.05) is 12.1 Å². The van der Waals surface area contributed by atoms with Gasteiger partial charge in [0.15, 0.2) is 0 Å². The summed E-state index contributed by atoms with van der Waals surface area (Å²) in [6, 6.07) is 1.52. The summed E-state index contributed by atoms with van der Waals surface area (Å²) in [6.07, 6.45) is 10.2. The Morgan fingerprint density at radius 3 is 2.22 bits per heavy atom. The number of fused-ring (bicyclic) bond motifs is 2. The minimum atomic E-state index is 0.546. The minimum Gasteiger partial charge on any atom is -0.311 e. The Bertz CT molecular complexity index is 316. The Morgan fingerprint density at radius 2 is 1.72 bits per heavy atom. The summed E-state index contributed by atoms with van der Waals surface area (Å²) in [7, 11) is 0. The zero-order chi connectivity index (χ0) is 13.0.